The SMILES string of the molecule is O=C(CC1CCN(C(=O)c2nnc(C(=O)Nc3cccc(Cl)c3)s2)CC1)NCCc1cccs1. The summed E-state index contributed by atoms with van der Waals surface area (Å²) in [5.74, 6) is -0.374. The number of halogens is 1. The van der Waals surface area contributed by atoms with E-state index in [9.17, 15) is 14.4 Å². The second-order valence-corrected chi connectivity index (χ2v) is 10.4. The topological polar surface area (TPSA) is 104 Å². The number of aromatic nitrogens is 2. The molecular formula is C23H24ClN5O3S2. The first-order chi connectivity index (χ1) is 16.5. The molecule has 1 aliphatic heterocycles. The van der Waals surface area contributed by atoms with E-state index in [0.717, 1.165) is 30.6 Å². The second kappa shape index (κ2) is 11.5. The van der Waals surface area contributed by atoms with E-state index in [1.165, 1.54) is 4.88 Å². The summed E-state index contributed by atoms with van der Waals surface area (Å²) in [6.45, 7) is 1.74. The Labute approximate surface area is 210 Å². The molecule has 3 heterocycles. The first-order valence-corrected chi connectivity index (χ1v) is 13.0. The predicted molar refractivity (Wildman–Crippen MR) is 134 cm³/mol. The Bertz CT molecular complexity index is 1140. The first-order valence-electron chi connectivity index (χ1n) is 11.0. The Morgan fingerprint density at radius 2 is 1.88 bits per heavy atom. The van der Waals surface area contributed by atoms with Crippen LogP contribution in [0, 0.1) is 5.92 Å². The van der Waals surface area contributed by atoms with Gasteiger partial charge in [0.1, 0.15) is 0 Å². The van der Waals surface area contributed by atoms with Crippen molar-refractivity contribution in [2.45, 2.75) is 25.7 Å². The summed E-state index contributed by atoms with van der Waals surface area (Å²) in [6.07, 6.45) is 2.83. The molecule has 4 rings (SSSR count). The molecular weight excluding hydrogens is 494 g/mol. The third-order valence-electron chi connectivity index (χ3n) is 5.53. The number of rotatable bonds is 8. The molecule has 34 heavy (non-hydrogen) atoms. The van der Waals surface area contributed by atoms with Gasteiger partial charge in [0.15, 0.2) is 0 Å². The van der Waals surface area contributed by atoms with Crippen LogP contribution in [0.3, 0.4) is 0 Å². The Kier molecular flexibility index (Phi) is 8.25. The maximum Gasteiger partial charge on any atom is 0.286 e. The Hall–Kier alpha value is -2.82. The number of amides is 3. The number of piperidine rings is 1. The molecule has 11 heteroatoms. The molecule has 8 nitrogen and oxygen atoms in total. The van der Waals surface area contributed by atoms with Crippen LogP contribution in [-0.2, 0) is 11.2 Å². The highest BCUT2D eigenvalue weighted by Crippen LogP contribution is 2.23. The van der Waals surface area contributed by atoms with Gasteiger partial charge in [-0.3, -0.25) is 14.4 Å². The van der Waals surface area contributed by atoms with Crippen LogP contribution >= 0.6 is 34.3 Å². The zero-order valence-electron chi connectivity index (χ0n) is 18.3. The molecule has 0 aliphatic carbocycles. The minimum Gasteiger partial charge on any atom is -0.356 e. The molecule has 3 amide bonds. The maximum absolute atomic E-state index is 12.8. The third-order valence-corrected chi connectivity index (χ3v) is 7.62. The lowest BCUT2D eigenvalue weighted by molar-refractivity contribution is -0.122. The third kappa shape index (κ3) is 6.62. The molecule has 0 bridgehead atoms. The summed E-state index contributed by atoms with van der Waals surface area (Å²) in [5.41, 5.74) is 0.540. The van der Waals surface area contributed by atoms with Crippen molar-refractivity contribution in [2.24, 2.45) is 5.92 Å². The highest BCUT2D eigenvalue weighted by Gasteiger charge is 2.27. The lowest BCUT2D eigenvalue weighted by atomic mass is 9.93. The number of benzene rings is 1. The average molecular weight is 518 g/mol. The number of likely N-dealkylation sites (tertiary alicyclic amines) is 1. The van der Waals surface area contributed by atoms with Gasteiger partial charge >= 0.3 is 0 Å². The minimum atomic E-state index is -0.442. The van der Waals surface area contributed by atoms with Crippen LogP contribution in [0.15, 0.2) is 41.8 Å². The van der Waals surface area contributed by atoms with Crippen molar-refractivity contribution >= 4 is 57.7 Å². The van der Waals surface area contributed by atoms with E-state index < -0.39 is 5.91 Å². The maximum atomic E-state index is 12.8. The van der Waals surface area contributed by atoms with Crippen molar-refractivity contribution in [3.05, 3.63) is 61.7 Å². The van der Waals surface area contributed by atoms with Crippen molar-refractivity contribution < 1.29 is 14.4 Å². The number of hydrogen-bond donors (Lipinski definition) is 2. The molecule has 2 N–H and O–H groups in total. The van der Waals surface area contributed by atoms with Crippen LogP contribution in [0.4, 0.5) is 5.69 Å². The average Bonchev–Trinajstić information content (AvgIpc) is 3.52. The quantitative estimate of drug-likeness (QED) is 0.468. The monoisotopic (exact) mass is 517 g/mol. The van der Waals surface area contributed by atoms with Crippen LogP contribution in [0.2, 0.25) is 5.02 Å². The van der Waals surface area contributed by atoms with Crippen LogP contribution in [-0.4, -0.2) is 52.5 Å². The van der Waals surface area contributed by atoms with Gasteiger partial charge in [0, 0.05) is 41.6 Å². The van der Waals surface area contributed by atoms with E-state index >= 15 is 0 Å². The van der Waals surface area contributed by atoms with E-state index in [0.29, 0.717) is 36.8 Å². The summed E-state index contributed by atoms with van der Waals surface area (Å²) in [4.78, 5) is 40.5. The molecule has 1 fully saturated rings. The normalized spacial score (nSPS) is 14.1. The van der Waals surface area contributed by atoms with Crippen molar-refractivity contribution in [1.29, 1.82) is 0 Å². The zero-order chi connectivity index (χ0) is 23.9. The van der Waals surface area contributed by atoms with Gasteiger partial charge in [-0.1, -0.05) is 35.1 Å². The van der Waals surface area contributed by atoms with E-state index in [1.54, 1.807) is 40.5 Å². The summed E-state index contributed by atoms with van der Waals surface area (Å²) >= 11 is 8.59. The predicted octanol–water partition coefficient (Wildman–Crippen LogP) is 4.11. The molecule has 1 aromatic carbocycles. The largest absolute Gasteiger partial charge is 0.356 e. The van der Waals surface area contributed by atoms with Crippen molar-refractivity contribution in [3.63, 3.8) is 0 Å². The van der Waals surface area contributed by atoms with Gasteiger partial charge in [0.25, 0.3) is 11.8 Å². The minimum absolute atomic E-state index is 0.0563. The number of hydrogen-bond acceptors (Lipinski definition) is 7. The van der Waals surface area contributed by atoms with E-state index in [1.807, 2.05) is 11.4 Å². The van der Waals surface area contributed by atoms with Gasteiger partial charge in [-0.2, -0.15) is 0 Å². The summed E-state index contributed by atoms with van der Waals surface area (Å²) in [6, 6.07) is 10.9. The number of nitrogens with zero attached hydrogens (tertiary/aromatic N) is 3. The van der Waals surface area contributed by atoms with Gasteiger partial charge in [-0.05, 0) is 54.8 Å². The number of thiophene rings is 1. The number of carbonyl (C=O) groups excluding carboxylic acids is 3. The summed E-state index contributed by atoms with van der Waals surface area (Å²) < 4.78 is 0. The summed E-state index contributed by atoms with van der Waals surface area (Å²) in [5, 5.41) is 16.3. The highest BCUT2D eigenvalue weighted by atomic mass is 35.5. The molecule has 3 aromatic rings. The molecule has 0 saturated carbocycles. The highest BCUT2D eigenvalue weighted by molar-refractivity contribution is 7.15. The Morgan fingerprint density at radius 1 is 1.09 bits per heavy atom. The van der Waals surface area contributed by atoms with E-state index in [4.69, 9.17) is 11.6 Å². The molecule has 178 valence electrons. The van der Waals surface area contributed by atoms with Gasteiger partial charge < -0.3 is 15.5 Å². The standard InChI is InChI=1S/C23H24ClN5O3S2/c24-16-3-1-4-17(14-16)26-20(31)21-27-28-22(34-21)23(32)29-10-7-15(8-11-29)13-19(30)25-9-6-18-5-2-12-33-18/h1-5,12,14-15H,6-11,13H2,(H,25,30)(H,26,31). The van der Waals surface area contributed by atoms with E-state index in [-0.39, 0.29) is 27.7 Å². The van der Waals surface area contributed by atoms with Gasteiger partial charge in [-0.25, -0.2) is 0 Å². The first kappa shape index (κ1) is 24.3. The van der Waals surface area contributed by atoms with Crippen LogP contribution in [0.25, 0.3) is 0 Å². The van der Waals surface area contributed by atoms with Gasteiger partial charge in [0.05, 0.1) is 0 Å². The van der Waals surface area contributed by atoms with Crippen molar-refractivity contribution in [2.75, 3.05) is 25.0 Å². The molecule has 0 unspecified atom stereocenters. The molecule has 1 aliphatic rings. The Morgan fingerprint density at radius 3 is 2.62 bits per heavy atom. The van der Waals surface area contributed by atoms with Crippen molar-refractivity contribution in [1.82, 2.24) is 20.4 Å². The lowest BCUT2D eigenvalue weighted by Gasteiger charge is -2.31. The van der Waals surface area contributed by atoms with Crippen LogP contribution in [0.5, 0.6) is 0 Å². The summed E-state index contributed by atoms with van der Waals surface area (Å²) in [7, 11) is 0. The zero-order valence-corrected chi connectivity index (χ0v) is 20.7. The Balaban J connectivity index is 1.21. The fourth-order valence-corrected chi connectivity index (χ4v) is 5.35. The smallest absolute Gasteiger partial charge is 0.286 e. The fourth-order valence-electron chi connectivity index (χ4n) is 3.74. The van der Waals surface area contributed by atoms with Gasteiger partial charge in [-0.15, -0.1) is 21.5 Å². The molecule has 1 saturated heterocycles. The molecule has 0 atom stereocenters. The molecule has 0 spiro atoms. The van der Waals surface area contributed by atoms with E-state index in [2.05, 4.69) is 26.9 Å². The van der Waals surface area contributed by atoms with Crippen LogP contribution < -0.4 is 10.6 Å². The molecule has 2 aromatic heterocycles. The number of nitrogens with one attached hydrogen (secondary N) is 2. The molecule has 0 radical (unpaired) electrons. The fraction of sp³-hybridized carbons (Fsp3) is 0.348. The van der Waals surface area contributed by atoms with Crippen molar-refractivity contribution in [3.8, 4) is 0 Å². The number of carbonyl (C=O) groups is 3. The van der Waals surface area contributed by atoms with Gasteiger partial charge in [0.2, 0.25) is 15.9 Å². The second-order valence-electron chi connectivity index (χ2n) is 8.00. The number of anilines is 1. The van der Waals surface area contributed by atoms with Crippen LogP contribution in [0.1, 0.15) is 43.7 Å². The lowest BCUT2D eigenvalue weighted by Crippen LogP contribution is -2.39.